The van der Waals surface area contributed by atoms with Crippen molar-refractivity contribution in [2.75, 3.05) is 0 Å². The van der Waals surface area contributed by atoms with Crippen molar-refractivity contribution in [3.63, 3.8) is 0 Å². The SMILES string of the molecule is CC1CCC(C2CCc3cc(-c4cc(F)c(F)c(F)c4)ccc3C2)CC1. The molecule has 2 aromatic carbocycles. The summed E-state index contributed by atoms with van der Waals surface area (Å²) >= 11 is 0. The lowest BCUT2D eigenvalue weighted by Crippen LogP contribution is -2.26. The zero-order chi connectivity index (χ0) is 18.3. The second-order valence-corrected chi connectivity index (χ2v) is 8.26. The lowest BCUT2D eigenvalue weighted by atomic mass is 9.70. The molecule has 0 nitrogen and oxygen atoms in total. The van der Waals surface area contributed by atoms with Crippen molar-refractivity contribution in [1.82, 2.24) is 0 Å². The average molecular weight is 358 g/mol. The standard InChI is InChI=1S/C23H25F3/c1-14-2-4-15(5-3-14)16-6-7-18-11-19(9-8-17(18)10-16)20-12-21(24)23(26)22(25)13-20/h8-9,11-16H,2-7,10H2,1H3. The van der Waals surface area contributed by atoms with Crippen LogP contribution < -0.4 is 0 Å². The van der Waals surface area contributed by atoms with Crippen molar-refractivity contribution in [2.45, 2.75) is 51.9 Å². The summed E-state index contributed by atoms with van der Waals surface area (Å²) in [5, 5.41) is 0. The Morgan fingerprint density at radius 3 is 2.12 bits per heavy atom. The molecule has 0 N–H and O–H groups in total. The molecule has 0 bridgehead atoms. The minimum Gasteiger partial charge on any atom is -0.204 e. The van der Waals surface area contributed by atoms with Gasteiger partial charge in [0, 0.05) is 0 Å². The van der Waals surface area contributed by atoms with Crippen LogP contribution in [0.15, 0.2) is 30.3 Å². The van der Waals surface area contributed by atoms with Crippen LogP contribution in [0.25, 0.3) is 11.1 Å². The van der Waals surface area contributed by atoms with E-state index in [2.05, 4.69) is 13.0 Å². The number of halogens is 3. The summed E-state index contributed by atoms with van der Waals surface area (Å²) in [5.74, 6) is -1.19. The maximum Gasteiger partial charge on any atom is 0.194 e. The number of hydrogen-bond acceptors (Lipinski definition) is 0. The summed E-state index contributed by atoms with van der Waals surface area (Å²) in [4.78, 5) is 0. The highest BCUT2D eigenvalue weighted by Crippen LogP contribution is 2.40. The minimum atomic E-state index is -1.41. The molecule has 4 rings (SSSR count). The average Bonchev–Trinajstić information content (AvgIpc) is 2.65. The van der Waals surface area contributed by atoms with Crippen molar-refractivity contribution in [1.29, 1.82) is 0 Å². The molecule has 1 fully saturated rings. The van der Waals surface area contributed by atoms with Crippen LogP contribution in [-0.4, -0.2) is 0 Å². The first kappa shape index (κ1) is 17.6. The Bertz CT molecular complexity index is 780. The van der Waals surface area contributed by atoms with Gasteiger partial charge >= 0.3 is 0 Å². The molecule has 3 heteroatoms. The predicted octanol–water partition coefficient (Wildman–Crippen LogP) is 6.70. The molecule has 2 aromatic rings. The summed E-state index contributed by atoms with van der Waals surface area (Å²) in [7, 11) is 0. The van der Waals surface area contributed by atoms with Gasteiger partial charge in [-0.3, -0.25) is 0 Å². The van der Waals surface area contributed by atoms with E-state index >= 15 is 0 Å². The molecule has 1 saturated carbocycles. The zero-order valence-electron chi connectivity index (χ0n) is 15.2. The third-order valence-electron chi connectivity index (χ3n) is 6.52. The third-order valence-corrected chi connectivity index (χ3v) is 6.52. The smallest absolute Gasteiger partial charge is 0.194 e. The fraction of sp³-hybridized carbons (Fsp3) is 0.478. The number of rotatable bonds is 2. The number of benzene rings is 2. The quantitative estimate of drug-likeness (QED) is 0.524. The topological polar surface area (TPSA) is 0 Å². The Balaban J connectivity index is 1.54. The maximum absolute atomic E-state index is 13.5. The number of fused-ring (bicyclic) bond motifs is 1. The molecule has 2 aliphatic rings. The highest BCUT2D eigenvalue weighted by molar-refractivity contribution is 5.65. The minimum absolute atomic E-state index is 0.396. The van der Waals surface area contributed by atoms with E-state index in [1.54, 1.807) is 0 Å². The van der Waals surface area contributed by atoms with Gasteiger partial charge in [-0.1, -0.05) is 38.0 Å². The first-order valence-electron chi connectivity index (χ1n) is 9.78. The second-order valence-electron chi connectivity index (χ2n) is 8.26. The molecule has 0 spiro atoms. The van der Waals surface area contributed by atoms with E-state index in [-0.39, 0.29) is 0 Å². The lowest BCUT2D eigenvalue weighted by Gasteiger charge is -2.35. The van der Waals surface area contributed by atoms with Crippen LogP contribution in [0.3, 0.4) is 0 Å². The Hall–Kier alpha value is -1.77. The molecular weight excluding hydrogens is 333 g/mol. The molecule has 0 radical (unpaired) electrons. The Kier molecular flexibility index (Phi) is 4.81. The van der Waals surface area contributed by atoms with Gasteiger partial charge in [-0.25, -0.2) is 13.2 Å². The van der Waals surface area contributed by atoms with E-state index in [1.165, 1.54) is 43.2 Å². The predicted molar refractivity (Wildman–Crippen MR) is 98.4 cm³/mol. The Labute approximate surface area is 153 Å². The number of aryl methyl sites for hydroxylation is 1. The summed E-state index contributed by atoms with van der Waals surface area (Å²) in [6, 6.07) is 8.20. The van der Waals surface area contributed by atoms with Gasteiger partial charge in [0.2, 0.25) is 0 Å². The fourth-order valence-electron chi connectivity index (χ4n) is 4.84. The molecule has 0 amide bonds. The van der Waals surface area contributed by atoms with Gasteiger partial charge in [-0.05, 0) is 84.2 Å². The maximum atomic E-state index is 13.5. The molecule has 0 saturated heterocycles. The van der Waals surface area contributed by atoms with Crippen LogP contribution in [-0.2, 0) is 12.8 Å². The van der Waals surface area contributed by atoms with Gasteiger partial charge in [-0.2, -0.15) is 0 Å². The molecular formula is C23H25F3. The first-order valence-corrected chi connectivity index (χ1v) is 9.78. The van der Waals surface area contributed by atoms with Crippen molar-refractivity contribution < 1.29 is 13.2 Å². The highest BCUT2D eigenvalue weighted by atomic mass is 19.2. The molecule has 1 unspecified atom stereocenters. The van der Waals surface area contributed by atoms with E-state index in [4.69, 9.17) is 0 Å². The van der Waals surface area contributed by atoms with E-state index in [9.17, 15) is 13.2 Å². The number of hydrogen-bond donors (Lipinski definition) is 0. The molecule has 26 heavy (non-hydrogen) atoms. The van der Waals surface area contributed by atoms with Crippen molar-refractivity contribution >= 4 is 0 Å². The second kappa shape index (κ2) is 7.09. The summed E-state index contributed by atoms with van der Waals surface area (Å²) in [5.41, 5.74) is 3.79. The Morgan fingerprint density at radius 2 is 1.42 bits per heavy atom. The van der Waals surface area contributed by atoms with E-state index in [0.717, 1.165) is 48.3 Å². The normalized spacial score (nSPS) is 25.8. The van der Waals surface area contributed by atoms with E-state index in [0.29, 0.717) is 5.56 Å². The molecule has 138 valence electrons. The van der Waals surface area contributed by atoms with Crippen molar-refractivity contribution in [3.05, 3.63) is 58.9 Å². The molecule has 0 heterocycles. The molecule has 2 aliphatic carbocycles. The summed E-state index contributed by atoms with van der Waals surface area (Å²) in [6.07, 6.45) is 8.75. The summed E-state index contributed by atoms with van der Waals surface area (Å²) < 4.78 is 40.3. The van der Waals surface area contributed by atoms with Gasteiger partial charge in [0.05, 0.1) is 0 Å². The van der Waals surface area contributed by atoms with Crippen LogP contribution in [0.5, 0.6) is 0 Å². The molecule has 0 aliphatic heterocycles. The van der Waals surface area contributed by atoms with Gasteiger partial charge in [-0.15, -0.1) is 0 Å². The van der Waals surface area contributed by atoms with Crippen molar-refractivity contribution in [3.8, 4) is 11.1 Å². The molecule has 1 atom stereocenters. The van der Waals surface area contributed by atoms with Crippen LogP contribution in [0.4, 0.5) is 13.2 Å². The monoisotopic (exact) mass is 358 g/mol. The zero-order valence-corrected chi connectivity index (χ0v) is 15.2. The first-order chi connectivity index (χ1) is 12.5. The summed E-state index contributed by atoms with van der Waals surface area (Å²) in [6.45, 7) is 2.36. The van der Waals surface area contributed by atoms with Gasteiger partial charge in [0.15, 0.2) is 17.5 Å². The Morgan fingerprint density at radius 1 is 0.731 bits per heavy atom. The van der Waals surface area contributed by atoms with E-state index in [1.807, 2.05) is 12.1 Å². The van der Waals surface area contributed by atoms with E-state index < -0.39 is 17.5 Å². The molecule has 0 aromatic heterocycles. The van der Waals surface area contributed by atoms with Crippen LogP contribution in [0.2, 0.25) is 0 Å². The highest BCUT2D eigenvalue weighted by Gasteiger charge is 2.29. The van der Waals surface area contributed by atoms with Crippen LogP contribution >= 0.6 is 0 Å². The van der Waals surface area contributed by atoms with Crippen LogP contribution in [0, 0.1) is 35.2 Å². The lowest BCUT2D eigenvalue weighted by molar-refractivity contribution is 0.197. The third kappa shape index (κ3) is 3.41. The van der Waals surface area contributed by atoms with Gasteiger partial charge in [0.1, 0.15) is 0 Å². The van der Waals surface area contributed by atoms with Crippen LogP contribution in [0.1, 0.15) is 50.2 Å². The van der Waals surface area contributed by atoms with Crippen molar-refractivity contribution in [2.24, 2.45) is 17.8 Å². The van der Waals surface area contributed by atoms with Gasteiger partial charge < -0.3 is 0 Å². The largest absolute Gasteiger partial charge is 0.204 e. The van der Waals surface area contributed by atoms with Gasteiger partial charge in [0.25, 0.3) is 0 Å². The fourth-order valence-corrected chi connectivity index (χ4v) is 4.84.